The molecule has 1 unspecified atom stereocenters. The smallest absolute Gasteiger partial charge is 0.225 e. The molecule has 2 saturated heterocycles. The summed E-state index contributed by atoms with van der Waals surface area (Å²) in [7, 11) is 0. The highest BCUT2D eigenvalue weighted by Crippen LogP contribution is 2.28. The van der Waals surface area contributed by atoms with Gasteiger partial charge in [0, 0.05) is 44.4 Å². The Morgan fingerprint density at radius 2 is 1.92 bits per heavy atom. The van der Waals surface area contributed by atoms with Gasteiger partial charge in [0.05, 0.1) is 12.1 Å². The molecule has 6 nitrogen and oxygen atoms in total. The van der Waals surface area contributed by atoms with Gasteiger partial charge >= 0.3 is 0 Å². The highest BCUT2D eigenvalue weighted by atomic mass is 127. The highest BCUT2D eigenvalue weighted by molar-refractivity contribution is 14.0. The number of aliphatic hydroxyl groups is 1. The molecule has 2 N–H and O–H groups in total. The van der Waals surface area contributed by atoms with Crippen molar-refractivity contribution in [1.82, 2.24) is 15.1 Å². The average Bonchev–Trinajstić information content (AvgIpc) is 2.98. The number of amides is 1. The van der Waals surface area contributed by atoms with Crippen LogP contribution in [-0.2, 0) is 4.79 Å². The zero-order chi connectivity index (χ0) is 16.9. The minimum absolute atomic E-state index is 0. The standard InChI is InChI=1S/C16H30N4O2S.HI/c1-4-17-15(18-11-16(22)5-10-23-12-16)20-8-6-19(7-9-20)14(21)13(2)3;/h13,22H,4-12H2,1-3H3,(H,17,18);1H. The number of aliphatic imine (C=N–C) groups is 1. The van der Waals surface area contributed by atoms with Gasteiger partial charge in [-0.15, -0.1) is 24.0 Å². The Hall–Kier alpha value is -0.220. The largest absolute Gasteiger partial charge is 0.387 e. The first-order valence-corrected chi connectivity index (χ1v) is 9.73. The van der Waals surface area contributed by atoms with Crippen LogP contribution in [0.2, 0.25) is 0 Å². The van der Waals surface area contributed by atoms with Gasteiger partial charge in [-0.25, -0.2) is 0 Å². The van der Waals surface area contributed by atoms with Crippen LogP contribution < -0.4 is 5.32 Å². The summed E-state index contributed by atoms with van der Waals surface area (Å²) < 4.78 is 0. The summed E-state index contributed by atoms with van der Waals surface area (Å²) in [6, 6.07) is 0. The van der Waals surface area contributed by atoms with Gasteiger partial charge in [0.25, 0.3) is 0 Å². The van der Waals surface area contributed by atoms with E-state index in [9.17, 15) is 9.90 Å². The molecular weight excluding hydrogens is 439 g/mol. The molecule has 0 spiro atoms. The van der Waals surface area contributed by atoms with Crippen LogP contribution in [0.5, 0.6) is 0 Å². The van der Waals surface area contributed by atoms with Crippen molar-refractivity contribution in [1.29, 1.82) is 0 Å². The molecule has 140 valence electrons. The molecule has 2 rings (SSSR count). The first-order valence-electron chi connectivity index (χ1n) is 8.57. The third-order valence-electron chi connectivity index (χ3n) is 4.33. The highest BCUT2D eigenvalue weighted by Gasteiger charge is 2.32. The molecule has 8 heteroatoms. The van der Waals surface area contributed by atoms with Crippen LogP contribution >= 0.6 is 35.7 Å². The lowest BCUT2D eigenvalue weighted by atomic mass is 10.0. The van der Waals surface area contributed by atoms with Gasteiger partial charge < -0.3 is 20.2 Å². The number of nitrogens with zero attached hydrogens (tertiary/aromatic N) is 3. The van der Waals surface area contributed by atoms with E-state index in [1.807, 2.05) is 25.7 Å². The van der Waals surface area contributed by atoms with Crippen LogP contribution in [0.15, 0.2) is 4.99 Å². The van der Waals surface area contributed by atoms with E-state index in [1.165, 1.54) is 0 Å². The van der Waals surface area contributed by atoms with Crippen LogP contribution in [-0.4, -0.2) is 83.1 Å². The fourth-order valence-corrected chi connectivity index (χ4v) is 4.16. The number of piperazine rings is 1. The number of rotatable bonds is 4. The molecule has 0 saturated carbocycles. The minimum Gasteiger partial charge on any atom is -0.387 e. The number of halogens is 1. The summed E-state index contributed by atoms with van der Waals surface area (Å²) in [4.78, 5) is 20.9. The Kier molecular flexibility index (Phi) is 9.14. The zero-order valence-electron chi connectivity index (χ0n) is 15.0. The number of carbonyl (C=O) groups is 1. The van der Waals surface area contributed by atoms with Gasteiger partial charge in [-0.2, -0.15) is 11.8 Å². The summed E-state index contributed by atoms with van der Waals surface area (Å²) in [5.41, 5.74) is -0.652. The predicted octanol–water partition coefficient (Wildman–Crippen LogP) is 1.24. The Bertz CT molecular complexity index is 434. The first kappa shape index (κ1) is 21.8. The van der Waals surface area contributed by atoms with Crippen molar-refractivity contribution in [3.63, 3.8) is 0 Å². The lowest BCUT2D eigenvalue weighted by Gasteiger charge is -2.37. The monoisotopic (exact) mass is 470 g/mol. The fraction of sp³-hybridized carbons (Fsp3) is 0.875. The molecular formula is C16H31IN4O2S. The van der Waals surface area contributed by atoms with Gasteiger partial charge in [-0.1, -0.05) is 13.8 Å². The second-order valence-electron chi connectivity index (χ2n) is 6.66. The SMILES string of the molecule is CCNC(=NCC1(O)CCSC1)N1CCN(C(=O)C(C)C)CC1.I. The third-order valence-corrected chi connectivity index (χ3v) is 5.56. The summed E-state index contributed by atoms with van der Waals surface area (Å²) in [5, 5.41) is 13.8. The molecule has 2 aliphatic rings. The molecule has 24 heavy (non-hydrogen) atoms. The Labute approximate surface area is 166 Å². The molecule has 0 aliphatic carbocycles. The second-order valence-corrected chi connectivity index (χ2v) is 7.77. The number of thioether (sulfide) groups is 1. The lowest BCUT2D eigenvalue weighted by molar-refractivity contribution is -0.135. The van der Waals surface area contributed by atoms with Crippen LogP contribution in [0.25, 0.3) is 0 Å². The maximum Gasteiger partial charge on any atom is 0.225 e. The summed E-state index contributed by atoms with van der Waals surface area (Å²) in [5.74, 6) is 2.92. The fourth-order valence-electron chi connectivity index (χ4n) is 2.87. The molecule has 1 amide bonds. The number of guanidine groups is 1. The van der Waals surface area contributed by atoms with E-state index in [0.717, 1.165) is 56.6 Å². The first-order chi connectivity index (χ1) is 10.9. The quantitative estimate of drug-likeness (QED) is 0.368. The van der Waals surface area contributed by atoms with E-state index in [4.69, 9.17) is 0 Å². The Morgan fingerprint density at radius 1 is 1.29 bits per heavy atom. The normalized spacial score (nSPS) is 25.0. The van der Waals surface area contributed by atoms with Gasteiger partial charge in [-0.3, -0.25) is 9.79 Å². The molecule has 0 radical (unpaired) electrons. The molecule has 0 aromatic rings. The minimum atomic E-state index is -0.652. The molecule has 2 heterocycles. The van der Waals surface area contributed by atoms with E-state index < -0.39 is 5.60 Å². The molecule has 0 aromatic heterocycles. The molecule has 2 fully saturated rings. The van der Waals surface area contributed by atoms with Crippen LogP contribution in [0, 0.1) is 5.92 Å². The number of hydrogen-bond acceptors (Lipinski definition) is 4. The van der Waals surface area contributed by atoms with Crippen LogP contribution in [0.1, 0.15) is 27.2 Å². The van der Waals surface area contributed by atoms with E-state index >= 15 is 0 Å². The van der Waals surface area contributed by atoms with Gasteiger partial charge in [-0.05, 0) is 19.1 Å². The topological polar surface area (TPSA) is 68.2 Å². The Balaban J connectivity index is 0.00000288. The van der Waals surface area contributed by atoms with Crippen molar-refractivity contribution in [2.75, 3.05) is 50.8 Å². The van der Waals surface area contributed by atoms with Crippen molar-refractivity contribution >= 4 is 47.6 Å². The van der Waals surface area contributed by atoms with Crippen molar-refractivity contribution < 1.29 is 9.90 Å². The average molecular weight is 470 g/mol. The van der Waals surface area contributed by atoms with E-state index in [1.54, 1.807) is 11.8 Å². The number of carbonyl (C=O) groups excluding carboxylic acids is 1. The van der Waals surface area contributed by atoms with Gasteiger partial charge in [0.1, 0.15) is 0 Å². The maximum atomic E-state index is 12.1. The van der Waals surface area contributed by atoms with E-state index in [-0.39, 0.29) is 35.8 Å². The van der Waals surface area contributed by atoms with Crippen molar-refractivity contribution in [2.24, 2.45) is 10.9 Å². The van der Waals surface area contributed by atoms with Crippen LogP contribution in [0.3, 0.4) is 0 Å². The van der Waals surface area contributed by atoms with Crippen LogP contribution in [0.4, 0.5) is 0 Å². The molecule has 0 aromatic carbocycles. The lowest BCUT2D eigenvalue weighted by Crippen LogP contribution is -2.54. The van der Waals surface area contributed by atoms with E-state index in [2.05, 4.69) is 15.2 Å². The number of nitrogens with one attached hydrogen (secondary N) is 1. The van der Waals surface area contributed by atoms with Crippen molar-refractivity contribution in [2.45, 2.75) is 32.8 Å². The second kappa shape index (κ2) is 10.1. The third kappa shape index (κ3) is 5.94. The summed E-state index contributed by atoms with van der Waals surface area (Å²) >= 11 is 1.79. The number of hydrogen-bond donors (Lipinski definition) is 2. The molecule has 0 bridgehead atoms. The summed E-state index contributed by atoms with van der Waals surface area (Å²) in [6.45, 7) is 10.2. The van der Waals surface area contributed by atoms with Crippen molar-refractivity contribution in [3.05, 3.63) is 0 Å². The maximum absolute atomic E-state index is 12.1. The molecule has 1 atom stereocenters. The Morgan fingerprint density at radius 3 is 2.42 bits per heavy atom. The summed E-state index contributed by atoms with van der Waals surface area (Å²) in [6.07, 6.45) is 0.817. The predicted molar refractivity (Wildman–Crippen MR) is 111 cm³/mol. The van der Waals surface area contributed by atoms with Gasteiger partial charge in [0.2, 0.25) is 5.91 Å². The van der Waals surface area contributed by atoms with Crippen molar-refractivity contribution in [3.8, 4) is 0 Å². The van der Waals surface area contributed by atoms with Gasteiger partial charge in [0.15, 0.2) is 5.96 Å². The zero-order valence-corrected chi connectivity index (χ0v) is 18.1. The molecule has 2 aliphatic heterocycles. The van der Waals surface area contributed by atoms with E-state index in [0.29, 0.717) is 6.54 Å².